The Morgan fingerprint density at radius 3 is 2.75 bits per heavy atom. The fraction of sp³-hybridized carbons (Fsp3) is 0.632. The van der Waals surface area contributed by atoms with Crippen molar-refractivity contribution >= 4 is 5.91 Å². The molecule has 0 unspecified atom stereocenters. The van der Waals surface area contributed by atoms with E-state index in [1.165, 1.54) is 11.1 Å². The van der Waals surface area contributed by atoms with Gasteiger partial charge >= 0.3 is 0 Å². The highest BCUT2D eigenvalue weighted by atomic mass is 16.5. The third-order valence-electron chi connectivity index (χ3n) is 5.11. The first-order valence-corrected chi connectivity index (χ1v) is 8.96. The first-order chi connectivity index (χ1) is 11.6. The number of carbonyl (C=O) groups excluding carboxylic acids is 1. The Morgan fingerprint density at radius 2 is 1.96 bits per heavy atom. The highest BCUT2D eigenvalue weighted by Crippen LogP contribution is 2.16. The zero-order chi connectivity index (χ0) is 16.9. The summed E-state index contributed by atoms with van der Waals surface area (Å²) >= 11 is 0. The lowest BCUT2D eigenvalue weighted by Gasteiger charge is -2.40. The molecule has 2 aliphatic rings. The molecule has 2 heterocycles. The van der Waals surface area contributed by atoms with Crippen LogP contribution >= 0.6 is 0 Å². The zero-order valence-electron chi connectivity index (χ0n) is 14.9. The number of rotatable bonds is 5. The van der Waals surface area contributed by atoms with Gasteiger partial charge in [0.25, 0.3) is 0 Å². The predicted octanol–water partition coefficient (Wildman–Crippen LogP) is 1.36. The summed E-state index contributed by atoms with van der Waals surface area (Å²) in [5, 5.41) is 0. The molecule has 0 bridgehead atoms. The van der Waals surface area contributed by atoms with Gasteiger partial charge in [0.1, 0.15) is 0 Å². The topological polar surface area (TPSA) is 36.0 Å². The molecule has 1 aromatic rings. The van der Waals surface area contributed by atoms with Gasteiger partial charge in [-0.2, -0.15) is 0 Å². The largest absolute Gasteiger partial charge is 0.370 e. The molecular formula is C19H29N3O2. The molecular weight excluding hydrogens is 302 g/mol. The van der Waals surface area contributed by atoms with E-state index in [9.17, 15) is 4.79 Å². The van der Waals surface area contributed by atoms with Crippen LogP contribution in [0.4, 0.5) is 0 Å². The summed E-state index contributed by atoms with van der Waals surface area (Å²) in [5.74, 6) is 0.246. The van der Waals surface area contributed by atoms with Crippen LogP contribution in [0.3, 0.4) is 0 Å². The smallest absolute Gasteiger partial charge is 0.236 e. The molecule has 0 radical (unpaired) electrons. The van der Waals surface area contributed by atoms with Gasteiger partial charge in [0.15, 0.2) is 0 Å². The molecule has 0 spiro atoms. The van der Waals surface area contributed by atoms with Gasteiger partial charge in [-0.3, -0.25) is 9.69 Å². The number of likely N-dealkylation sites (N-methyl/N-ethyl adjacent to an activating group) is 1. The second kappa shape index (κ2) is 8.10. The van der Waals surface area contributed by atoms with Crippen LogP contribution in [0, 0.1) is 6.92 Å². The highest BCUT2D eigenvalue weighted by Gasteiger charge is 2.32. The van der Waals surface area contributed by atoms with E-state index < -0.39 is 0 Å². The average molecular weight is 331 g/mol. The number of carbonyl (C=O) groups is 1. The lowest BCUT2D eigenvalue weighted by atomic mass is 10.1. The molecule has 0 N–H and O–H groups in total. The van der Waals surface area contributed by atoms with Crippen LogP contribution in [-0.2, 0) is 16.1 Å². The Balaban J connectivity index is 1.37. The number of aryl methyl sites for hydroxylation is 1. The molecule has 0 saturated carbocycles. The van der Waals surface area contributed by atoms with Crippen molar-refractivity contribution in [3.05, 3.63) is 35.4 Å². The maximum absolute atomic E-state index is 12.4. The fourth-order valence-electron chi connectivity index (χ4n) is 3.28. The van der Waals surface area contributed by atoms with Gasteiger partial charge in [0, 0.05) is 26.2 Å². The molecule has 5 nitrogen and oxygen atoms in total. The number of amides is 1. The van der Waals surface area contributed by atoms with Crippen LogP contribution in [0.2, 0.25) is 0 Å². The minimum atomic E-state index is 0.184. The summed E-state index contributed by atoms with van der Waals surface area (Å²) in [6.45, 7) is 8.96. The number of benzene rings is 1. The standard InChI is InChI=1S/C19H29N3O2/c1-16-6-3-4-7-17(16)15-24-18-12-22(13-18)19(23)14-21-9-5-8-20(2)10-11-21/h3-4,6-7,18H,5,8-15H2,1-2H3. The predicted molar refractivity (Wildman–Crippen MR) is 94.9 cm³/mol. The van der Waals surface area contributed by atoms with Crippen molar-refractivity contribution < 1.29 is 9.53 Å². The van der Waals surface area contributed by atoms with Gasteiger partial charge < -0.3 is 14.5 Å². The van der Waals surface area contributed by atoms with Gasteiger partial charge in [0.05, 0.1) is 19.3 Å². The molecule has 1 aromatic carbocycles. The van der Waals surface area contributed by atoms with E-state index in [-0.39, 0.29) is 12.0 Å². The SMILES string of the molecule is Cc1ccccc1COC1CN(C(=O)CN2CCCN(C)CC2)C1. The molecule has 0 aromatic heterocycles. The van der Waals surface area contributed by atoms with Gasteiger partial charge in [-0.1, -0.05) is 24.3 Å². The molecule has 2 fully saturated rings. The van der Waals surface area contributed by atoms with E-state index >= 15 is 0 Å². The first-order valence-electron chi connectivity index (χ1n) is 8.96. The molecule has 132 valence electrons. The summed E-state index contributed by atoms with van der Waals surface area (Å²) in [6.07, 6.45) is 1.33. The van der Waals surface area contributed by atoms with Crippen LogP contribution in [0.1, 0.15) is 17.5 Å². The third kappa shape index (κ3) is 4.56. The van der Waals surface area contributed by atoms with E-state index in [2.05, 4.69) is 35.9 Å². The minimum Gasteiger partial charge on any atom is -0.370 e. The molecule has 24 heavy (non-hydrogen) atoms. The Kier molecular flexibility index (Phi) is 5.87. The Morgan fingerprint density at radius 1 is 1.17 bits per heavy atom. The lowest BCUT2D eigenvalue weighted by molar-refractivity contribution is -0.147. The van der Waals surface area contributed by atoms with Crippen molar-refractivity contribution in [1.29, 1.82) is 0 Å². The van der Waals surface area contributed by atoms with Crippen molar-refractivity contribution in [2.24, 2.45) is 0 Å². The summed E-state index contributed by atoms with van der Waals surface area (Å²) in [5.41, 5.74) is 2.49. The number of hydrogen-bond donors (Lipinski definition) is 0. The van der Waals surface area contributed by atoms with Crippen LogP contribution in [0.15, 0.2) is 24.3 Å². The number of nitrogens with zero attached hydrogens (tertiary/aromatic N) is 3. The highest BCUT2D eigenvalue weighted by molar-refractivity contribution is 5.79. The van der Waals surface area contributed by atoms with Crippen LogP contribution in [0.5, 0.6) is 0 Å². The van der Waals surface area contributed by atoms with E-state index in [1.807, 2.05) is 17.0 Å². The Hall–Kier alpha value is -1.43. The molecule has 2 saturated heterocycles. The van der Waals surface area contributed by atoms with Crippen molar-refractivity contribution in [3.8, 4) is 0 Å². The molecule has 0 atom stereocenters. The number of hydrogen-bond acceptors (Lipinski definition) is 4. The molecule has 0 aliphatic carbocycles. The van der Waals surface area contributed by atoms with Crippen LogP contribution in [0.25, 0.3) is 0 Å². The molecule has 2 aliphatic heterocycles. The normalized spacial score (nSPS) is 20.7. The van der Waals surface area contributed by atoms with E-state index in [1.54, 1.807) is 0 Å². The summed E-state index contributed by atoms with van der Waals surface area (Å²) in [4.78, 5) is 18.9. The fourth-order valence-corrected chi connectivity index (χ4v) is 3.28. The quantitative estimate of drug-likeness (QED) is 0.816. The van der Waals surface area contributed by atoms with Crippen molar-refractivity contribution in [1.82, 2.24) is 14.7 Å². The average Bonchev–Trinajstić information content (AvgIpc) is 2.72. The van der Waals surface area contributed by atoms with Crippen molar-refractivity contribution in [2.45, 2.75) is 26.1 Å². The van der Waals surface area contributed by atoms with E-state index in [4.69, 9.17) is 4.74 Å². The van der Waals surface area contributed by atoms with Crippen molar-refractivity contribution in [2.75, 3.05) is 52.9 Å². The second-order valence-electron chi connectivity index (χ2n) is 7.09. The summed E-state index contributed by atoms with van der Waals surface area (Å²) < 4.78 is 5.94. The van der Waals surface area contributed by atoms with E-state index in [0.717, 1.165) is 45.7 Å². The number of ether oxygens (including phenoxy) is 1. The van der Waals surface area contributed by atoms with Crippen LogP contribution in [-0.4, -0.2) is 79.6 Å². The number of likely N-dealkylation sites (tertiary alicyclic amines) is 1. The van der Waals surface area contributed by atoms with Gasteiger partial charge in [-0.05, 0) is 44.6 Å². The van der Waals surface area contributed by atoms with Gasteiger partial charge in [-0.15, -0.1) is 0 Å². The van der Waals surface area contributed by atoms with E-state index in [0.29, 0.717) is 13.2 Å². The maximum Gasteiger partial charge on any atom is 0.236 e. The summed E-state index contributed by atoms with van der Waals surface area (Å²) in [6, 6.07) is 8.30. The molecule has 1 amide bonds. The Labute approximate surface area is 145 Å². The lowest BCUT2D eigenvalue weighted by Crippen LogP contribution is -2.57. The van der Waals surface area contributed by atoms with Crippen LogP contribution < -0.4 is 0 Å². The van der Waals surface area contributed by atoms with Gasteiger partial charge in [0.2, 0.25) is 5.91 Å². The Bertz CT molecular complexity index is 557. The zero-order valence-corrected chi connectivity index (χ0v) is 14.9. The third-order valence-corrected chi connectivity index (χ3v) is 5.11. The second-order valence-corrected chi connectivity index (χ2v) is 7.09. The minimum absolute atomic E-state index is 0.184. The molecule has 3 rings (SSSR count). The molecule has 5 heteroatoms. The summed E-state index contributed by atoms with van der Waals surface area (Å²) in [7, 11) is 2.15. The van der Waals surface area contributed by atoms with Crippen molar-refractivity contribution in [3.63, 3.8) is 0 Å². The maximum atomic E-state index is 12.4. The van der Waals surface area contributed by atoms with Gasteiger partial charge in [-0.25, -0.2) is 0 Å². The first kappa shape index (κ1) is 17.4. The monoisotopic (exact) mass is 331 g/mol.